The molecule has 1 aromatic heterocycles. The molecule has 2 aromatic rings. The fraction of sp³-hybridized carbons (Fsp3) is 0.231. The van der Waals surface area contributed by atoms with Crippen LogP contribution in [0.25, 0.3) is 5.69 Å². The summed E-state index contributed by atoms with van der Waals surface area (Å²) in [6, 6.07) is 8.05. The van der Waals surface area contributed by atoms with Crippen LogP contribution in [0.1, 0.15) is 16.8 Å². The number of carbonyl (C=O) groups excluding carboxylic acids is 1. The molecule has 0 bridgehead atoms. The van der Waals surface area contributed by atoms with Crippen molar-refractivity contribution < 1.29 is 4.79 Å². The Morgan fingerprint density at radius 2 is 2.06 bits per heavy atom. The van der Waals surface area contributed by atoms with Gasteiger partial charge in [0.05, 0.1) is 11.4 Å². The maximum absolute atomic E-state index is 10.5. The lowest BCUT2D eigenvalue weighted by Crippen LogP contribution is -1.97. The summed E-state index contributed by atoms with van der Waals surface area (Å²) in [4.78, 5) is 10.5. The second kappa shape index (κ2) is 4.31. The molecule has 0 saturated heterocycles. The molecule has 0 unspecified atom stereocenters. The Hall–Kier alpha value is -1.90. The van der Waals surface area contributed by atoms with Crippen molar-refractivity contribution in [1.29, 1.82) is 0 Å². The molecular formula is C13H14N2O. The molecule has 0 N–H and O–H groups in total. The second-order valence-corrected chi connectivity index (χ2v) is 3.84. The highest BCUT2D eigenvalue weighted by molar-refractivity contribution is 5.55. The summed E-state index contributed by atoms with van der Waals surface area (Å²) < 4.78 is 1.84. The number of carbonyl (C=O) groups is 1. The molecule has 0 amide bonds. The first-order valence-corrected chi connectivity index (χ1v) is 5.27. The average molecular weight is 214 g/mol. The predicted octanol–water partition coefficient (Wildman–Crippen LogP) is 2.23. The highest BCUT2D eigenvalue weighted by atomic mass is 16.1. The van der Waals surface area contributed by atoms with Gasteiger partial charge in [0.1, 0.15) is 6.29 Å². The molecule has 0 fully saturated rings. The molecule has 3 heteroatoms. The highest BCUT2D eigenvalue weighted by Gasteiger charge is 2.06. The molecule has 0 aliphatic heterocycles. The molecule has 0 spiro atoms. The Kier molecular flexibility index (Phi) is 2.86. The second-order valence-electron chi connectivity index (χ2n) is 3.84. The maximum Gasteiger partial charge on any atom is 0.124 e. The monoisotopic (exact) mass is 214 g/mol. The Labute approximate surface area is 94.7 Å². The standard InChI is InChI=1S/C13H14N2O/c1-10-5-3-4-6-13(10)15-9-12(7-8-16)11(2)14-15/h3-6,8-9H,7H2,1-2H3. The summed E-state index contributed by atoms with van der Waals surface area (Å²) in [6.45, 7) is 3.97. The van der Waals surface area contributed by atoms with Gasteiger partial charge < -0.3 is 4.79 Å². The van der Waals surface area contributed by atoms with Crippen molar-refractivity contribution in [3.05, 3.63) is 47.3 Å². The van der Waals surface area contributed by atoms with Crippen LogP contribution in [0.2, 0.25) is 0 Å². The summed E-state index contributed by atoms with van der Waals surface area (Å²) in [5, 5.41) is 4.42. The van der Waals surface area contributed by atoms with Gasteiger partial charge in [-0.15, -0.1) is 0 Å². The topological polar surface area (TPSA) is 34.9 Å². The third-order valence-electron chi connectivity index (χ3n) is 2.67. The first-order valence-electron chi connectivity index (χ1n) is 5.27. The molecule has 0 atom stereocenters. The molecule has 1 aromatic carbocycles. The van der Waals surface area contributed by atoms with Crippen molar-refractivity contribution >= 4 is 6.29 Å². The molecule has 0 saturated carbocycles. The van der Waals surface area contributed by atoms with E-state index in [1.165, 1.54) is 5.56 Å². The Morgan fingerprint density at radius 3 is 2.75 bits per heavy atom. The van der Waals surface area contributed by atoms with E-state index < -0.39 is 0 Å². The van der Waals surface area contributed by atoms with E-state index in [0.717, 1.165) is 23.2 Å². The first-order chi connectivity index (χ1) is 7.72. The molecule has 16 heavy (non-hydrogen) atoms. The number of benzene rings is 1. The van der Waals surface area contributed by atoms with Gasteiger partial charge in [0, 0.05) is 18.2 Å². The highest BCUT2D eigenvalue weighted by Crippen LogP contribution is 2.15. The van der Waals surface area contributed by atoms with Gasteiger partial charge in [-0.3, -0.25) is 0 Å². The van der Waals surface area contributed by atoms with Gasteiger partial charge in [0.25, 0.3) is 0 Å². The van der Waals surface area contributed by atoms with E-state index in [2.05, 4.69) is 5.10 Å². The molecule has 0 aliphatic rings. The third-order valence-corrected chi connectivity index (χ3v) is 2.67. The zero-order chi connectivity index (χ0) is 11.5. The normalized spacial score (nSPS) is 10.4. The van der Waals surface area contributed by atoms with Gasteiger partial charge in [0.2, 0.25) is 0 Å². The number of aromatic nitrogens is 2. The van der Waals surface area contributed by atoms with Crippen molar-refractivity contribution in [2.24, 2.45) is 0 Å². The van der Waals surface area contributed by atoms with Gasteiger partial charge in [-0.1, -0.05) is 18.2 Å². The molecule has 0 radical (unpaired) electrons. The lowest BCUT2D eigenvalue weighted by atomic mass is 10.2. The minimum atomic E-state index is 0.428. The van der Waals surface area contributed by atoms with E-state index in [-0.39, 0.29) is 0 Å². The van der Waals surface area contributed by atoms with Crippen LogP contribution in [-0.2, 0) is 11.2 Å². The lowest BCUT2D eigenvalue weighted by molar-refractivity contribution is -0.107. The number of para-hydroxylation sites is 1. The van der Waals surface area contributed by atoms with Crippen LogP contribution in [0, 0.1) is 13.8 Å². The van der Waals surface area contributed by atoms with Crippen LogP contribution >= 0.6 is 0 Å². The van der Waals surface area contributed by atoms with Crippen LogP contribution < -0.4 is 0 Å². The minimum Gasteiger partial charge on any atom is -0.303 e. The maximum atomic E-state index is 10.5. The van der Waals surface area contributed by atoms with Crippen molar-refractivity contribution in [2.45, 2.75) is 20.3 Å². The van der Waals surface area contributed by atoms with Gasteiger partial charge in [-0.2, -0.15) is 5.10 Å². The van der Waals surface area contributed by atoms with Crippen LogP contribution in [-0.4, -0.2) is 16.1 Å². The van der Waals surface area contributed by atoms with Crippen LogP contribution in [0.5, 0.6) is 0 Å². The molecule has 2 rings (SSSR count). The number of hydrogen-bond acceptors (Lipinski definition) is 2. The fourth-order valence-corrected chi connectivity index (χ4v) is 1.73. The van der Waals surface area contributed by atoms with E-state index in [9.17, 15) is 4.79 Å². The Bertz CT molecular complexity index is 514. The van der Waals surface area contributed by atoms with Gasteiger partial charge in [-0.05, 0) is 25.5 Å². The number of nitrogens with zero attached hydrogens (tertiary/aromatic N) is 2. The fourth-order valence-electron chi connectivity index (χ4n) is 1.73. The number of aldehydes is 1. The van der Waals surface area contributed by atoms with Crippen molar-refractivity contribution in [3.8, 4) is 5.69 Å². The largest absolute Gasteiger partial charge is 0.303 e. The van der Waals surface area contributed by atoms with Crippen molar-refractivity contribution in [3.63, 3.8) is 0 Å². The van der Waals surface area contributed by atoms with Crippen molar-refractivity contribution in [1.82, 2.24) is 9.78 Å². The van der Waals surface area contributed by atoms with Crippen molar-refractivity contribution in [2.75, 3.05) is 0 Å². The summed E-state index contributed by atoms with van der Waals surface area (Å²) in [5.74, 6) is 0. The number of aryl methyl sites for hydroxylation is 2. The molecule has 3 nitrogen and oxygen atoms in total. The first kappa shape index (κ1) is 10.6. The third kappa shape index (κ3) is 1.89. The van der Waals surface area contributed by atoms with Crippen LogP contribution in [0.15, 0.2) is 30.5 Å². The minimum absolute atomic E-state index is 0.428. The van der Waals surface area contributed by atoms with E-state index in [4.69, 9.17) is 0 Å². The van der Waals surface area contributed by atoms with Gasteiger partial charge in [0.15, 0.2) is 0 Å². The van der Waals surface area contributed by atoms with Crippen LogP contribution in [0.3, 0.4) is 0 Å². The average Bonchev–Trinajstić information content (AvgIpc) is 2.61. The van der Waals surface area contributed by atoms with Gasteiger partial charge in [-0.25, -0.2) is 4.68 Å². The SMILES string of the molecule is Cc1ccccc1-n1cc(CC=O)c(C)n1. The Morgan fingerprint density at radius 1 is 1.31 bits per heavy atom. The van der Waals surface area contributed by atoms with E-state index in [1.807, 2.05) is 49.0 Å². The predicted molar refractivity (Wildman–Crippen MR) is 62.8 cm³/mol. The summed E-state index contributed by atoms with van der Waals surface area (Å²) in [5.41, 5.74) is 4.12. The molecule has 0 aliphatic carbocycles. The van der Waals surface area contributed by atoms with E-state index in [1.54, 1.807) is 0 Å². The molecular weight excluding hydrogens is 200 g/mol. The smallest absolute Gasteiger partial charge is 0.124 e. The Balaban J connectivity index is 2.45. The summed E-state index contributed by atoms with van der Waals surface area (Å²) in [6.07, 6.45) is 3.26. The zero-order valence-corrected chi connectivity index (χ0v) is 9.47. The molecule has 82 valence electrons. The molecule has 1 heterocycles. The van der Waals surface area contributed by atoms with E-state index >= 15 is 0 Å². The van der Waals surface area contributed by atoms with Gasteiger partial charge >= 0.3 is 0 Å². The quantitative estimate of drug-likeness (QED) is 0.734. The number of hydrogen-bond donors (Lipinski definition) is 0. The number of rotatable bonds is 3. The summed E-state index contributed by atoms with van der Waals surface area (Å²) in [7, 11) is 0. The van der Waals surface area contributed by atoms with Crippen LogP contribution in [0.4, 0.5) is 0 Å². The van der Waals surface area contributed by atoms with E-state index in [0.29, 0.717) is 6.42 Å². The summed E-state index contributed by atoms with van der Waals surface area (Å²) >= 11 is 0. The zero-order valence-electron chi connectivity index (χ0n) is 9.47. The lowest BCUT2D eigenvalue weighted by Gasteiger charge is -2.04.